The van der Waals surface area contributed by atoms with Crippen molar-refractivity contribution in [2.75, 3.05) is 6.61 Å². The molecule has 0 amide bonds. The zero-order valence-corrected chi connectivity index (χ0v) is 13.6. The Morgan fingerprint density at radius 3 is 2.82 bits per heavy atom. The van der Waals surface area contributed by atoms with E-state index < -0.39 is 0 Å². The minimum Gasteiger partial charge on any atom is -0.492 e. The average Bonchev–Trinajstić information content (AvgIpc) is 2.98. The normalized spacial score (nSPS) is 10.2. The van der Waals surface area contributed by atoms with E-state index in [1.54, 1.807) is 12.1 Å². The number of aldehydes is 1. The predicted molar refractivity (Wildman–Crippen MR) is 87.4 cm³/mol. The van der Waals surface area contributed by atoms with Crippen molar-refractivity contribution in [3.05, 3.63) is 34.3 Å². The van der Waals surface area contributed by atoms with E-state index in [4.69, 9.17) is 4.74 Å². The van der Waals surface area contributed by atoms with Crippen LogP contribution in [0.15, 0.2) is 18.2 Å². The van der Waals surface area contributed by atoms with Gasteiger partial charge in [-0.15, -0.1) is 11.3 Å². The highest BCUT2D eigenvalue weighted by Crippen LogP contribution is 2.31. The number of aryl methyl sites for hydroxylation is 1. The predicted octanol–water partition coefficient (Wildman–Crippen LogP) is 4.24. The molecule has 0 saturated carbocycles. The third kappa shape index (κ3) is 3.52. The standard InChI is InChI=1S/C17H18N2O2S/c1-3-5-8-21-15-7-6-12(9-13(15)10-18)17-19-14(4-2)16(11-20)22-17/h6-7,9,11H,3-5,8H2,1-2H3. The molecule has 22 heavy (non-hydrogen) atoms. The maximum Gasteiger partial charge on any atom is 0.161 e. The molecule has 0 aliphatic heterocycles. The number of thiazole rings is 1. The number of ether oxygens (including phenoxy) is 1. The van der Waals surface area contributed by atoms with Crippen LogP contribution in [0.5, 0.6) is 5.75 Å². The third-order valence-corrected chi connectivity index (χ3v) is 4.34. The molecule has 0 N–H and O–H groups in total. The van der Waals surface area contributed by atoms with E-state index in [2.05, 4.69) is 18.0 Å². The summed E-state index contributed by atoms with van der Waals surface area (Å²) >= 11 is 1.35. The molecule has 0 atom stereocenters. The van der Waals surface area contributed by atoms with Crippen LogP contribution in [0.2, 0.25) is 0 Å². The number of nitrogens with zero attached hydrogens (tertiary/aromatic N) is 2. The van der Waals surface area contributed by atoms with Gasteiger partial charge in [0.1, 0.15) is 16.8 Å². The van der Waals surface area contributed by atoms with E-state index >= 15 is 0 Å². The van der Waals surface area contributed by atoms with Crippen LogP contribution in [0.4, 0.5) is 0 Å². The summed E-state index contributed by atoms with van der Waals surface area (Å²) in [7, 11) is 0. The molecule has 0 bridgehead atoms. The van der Waals surface area contributed by atoms with E-state index in [9.17, 15) is 10.1 Å². The second-order valence-electron chi connectivity index (χ2n) is 4.83. The molecule has 0 radical (unpaired) electrons. The lowest BCUT2D eigenvalue weighted by atomic mass is 10.1. The van der Waals surface area contributed by atoms with Crippen LogP contribution in [-0.2, 0) is 6.42 Å². The van der Waals surface area contributed by atoms with Crippen LogP contribution in [0, 0.1) is 11.3 Å². The van der Waals surface area contributed by atoms with Gasteiger partial charge in [0.25, 0.3) is 0 Å². The highest BCUT2D eigenvalue weighted by atomic mass is 32.1. The Hall–Kier alpha value is -2.19. The molecule has 4 nitrogen and oxygen atoms in total. The van der Waals surface area contributed by atoms with Gasteiger partial charge in [0.2, 0.25) is 0 Å². The summed E-state index contributed by atoms with van der Waals surface area (Å²) in [5.41, 5.74) is 2.14. The smallest absolute Gasteiger partial charge is 0.161 e. The molecule has 1 aromatic carbocycles. The highest BCUT2D eigenvalue weighted by Gasteiger charge is 2.13. The van der Waals surface area contributed by atoms with Crippen molar-refractivity contribution in [2.24, 2.45) is 0 Å². The van der Waals surface area contributed by atoms with E-state index in [1.807, 2.05) is 13.0 Å². The zero-order chi connectivity index (χ0) is 15.9. The topological polar surface area (TPSA) is 63.0 Å². The van der Waals surface area contributed by atoms with Crippen LogP contribution >= 0.6 is 11.3 Å². The average molecular weight is 314 g/mol. The lowest BCUT2D eigenvalue weighted by Crippen LogP contribution is -1.98. The molecule has 0 unspecified atom stereocenters. The molecule has 0 fully saturated rings. The Morgan fingerprint density at radius 1 is 1.41 bits per heavy atom. The first-order chi connectivity index (χ1) is 10.7. The number of carbonyl (C=O) groups is 1. The van der Waals surface area contributed by atoms with Gasteiger partial charge in [-0.05, 0) is 31.0 Å². The highest BCUT2D eigenvalue weighted by molar-refractivity contribution is 7.16. The Balaban J connectivity index is 2.31. The number of aromatic nitrogens is 1. The van der Waals surface area contributed by atoms with Crippen LogP contribution in [0.3, 0.4) is 0 Å². The first-order valence-electron chi connectivity index (χ1n) is 7.35. The molecule has 2 aromatic rings. The molecule has 5 heteroatoms. The van der Waals surface area contributed by atoms with Gasteiger partial charge in [-0.1, -0.05) is 20.3 Å². The van der Waals surface area contributed by atoms with Crippen molar-refractivity contribution in [3.8, 4) is 22.4 Å². The summed E-state index contributed by atoms with van der Waals surface area (Å²) < 4.78 is 5.63. The largest absolute Gasteiger partial charge is 0.492 e. The maximum atomic E-state index is 11.1. The molecular weight excluding hydrogens is 296 g/mol. The van der Waals surface area contributed by atoms with Gasteiger partial charge in [-0.25, -0.2) is 4.98 Å². The Bertz CT molecular complexity index is 701. The van der Waals surface area contributed by atoms with Gasteiger partial charge < -0.3 is 4.74 Å². The fraction of sp³-hybridized carbons (Fsp3) is 0.353. The van der Waals surface area contributed by atoms with Gasteiger partial charge in [-0.2, -0.15) is 5.26 Å². The SMILES string of the molecule is CCCCOc1ccc(-c2nc(CC)c(C=O)s2)cc1C#N. The summed E-state index contributed by atoms with van der Waals surface area (Å²) in [6.45, 7) is 4.67. The van der Waals surface area contributed by atoms with Crippen LogP contribution in [-0.4, -0.2) is 17.9 Å². The molecule has 2 rings (SSSR count). The number of benzene rings is 1. The van der Waals surface area contributed by atoms with E-state index in [0.29, 0.717) is 29.2 Å². The minimum absolute atomic E-state index is 0.495. The monoisotopic (exact) mass is 314 g/mol. The maximum absolute atomic E-state index is 11.1. The molecule has 1 aromatic heterocycles. The number of unbranched alkanes of at least 4 members (excludes halogenated alkanes) is 1. The molecule has 1 heterocycles. The molecule has 0 spiro atoms. The summed E-state index contributed by atoms with van der Waals surface area (Å²) in [5, 5.41) is 10.1. The fourth-order valence-corrected chi connectivity index (χ4v) is 3.00. The van der Waals surface area contributed by atoms with E-state index in [-0.39, 0.29) is 0 Å². The Morgan fingerprint density at radius 2 is 2.23 bits per heavy atom. The lowest BCUT2D eigenvalue weighted by molar-refractivity contribution is 0.112. The number of rotatable bonds is 7. The van der Waals surface area contributed by atoms with Gasteiger partial charge in [0.05, 0.1) is 22.7 Å². The van der Waals surface area contributed by atoms with Gasteiger partial charge in [-0.3, -0.25) is 4.79 Å². The molecule has 0 aliphatic carbocycles. The number of hydrogen-bond donors (Lipinski definition) is 0. The summed E-state index contributed by atoms with van der Waals surface area (Å²) in [6.07, 6.45) is 3.57. The van der Waals surface area contributed by atoms with Crippen molar-refractivity contribution < 1.29 is 9.53 Å². The molecule has 114 valence electrons. The molecular formula is C17H18N2O2S. The molecule has 0 saturated heterocycles. The third-order valence-electron chi connectivity index (χ3n) is 3.27. The van der Waals surface area contributed by atoms with Crippen molar-refractivity contribution in [1.82, 2.24) is 4.98 Å². The van der Waals surface area contributed by atoms with Gasteiger partial charge in [0, 0.05) is 5.56 Å². The summed E-state index contributed by atoms with van der Waals surface area (Å²) in [6, 6.07) is 7.62. The summed E-state index contributed by atoms with van der Waals surface area (Å²) in [5.74, 6) is 0.600. The Kier molecular flexibility index (Phi) is 5.68. The van der Waals surface area contributed by atoms with Gasteiger partial charge >= 0.3 is 0 Å². The first kappa shape index (κ1) is 16.2. The van der Waals surface area contributed by atoms with Crippen LogP contribution in [0.1, 0.15) is 47.6 Å². The fourth-order valence-electron chi connectivity index (χ4n) is 2.04. The number of hydrogen-bond acceptors (Lipinski definition) is 5. The first-order valence-corrected chi connectivity index (χ1v) is 8.17. The van der Waals surface area contributed by atoms with Crippen molar-refractivity contribution in [3.63, 3.8) is 0 Å². The van der Waals surface area contributed by atoms with Gasteiger partial charge in [0.15, 0.2) is 6.29 Å². The second kappa shape index (κ2) is 7.71. The Labute approximate surface area is 134 Å². The zero-order valence-electron chi connectivity index (χ0n) is 12.8. The number of carbonyl (C=O) groups excluding carboxylic acids is 1. The number of nitriles is 1. The lowest BCUT2D eigenvalue weighted by Gasteiger charge is -2.08. The van der Waals surface area contributed by atoms with Crippen LogP contribution in [0.25, 0.3) is 10.6 Å². The minimum atomic E-state index is 0.495. The van der Waals surface area contributed by atoms with Crippen molar-refractivity contribution in [1.29, 1.82) is 5.26 Å². The van der Waals surface area contributed by atoms with E-state index in [0.717, 1.165) is 35.4 Å². The quantitative estimate of drug-likeness (QED) is 0.566. The van der Waals surface area contributed by atoms with Crippen LogP contribution < -0.4 is 4.74 Å². The van der Waals surface area contributed by atoms with E-state index in [1.165, 1.54) is 11.3 Å². The van der Waals surface area contributed by atoms with Crippen molar-refractivity contribution in [2.45, 2.75) is 33.1 Å². The summed E-state index contributed by atoms with van der Waals surface area (Å²) in [4.78, 5) is 16.2. The van der Waals surface area contributed by atoms with Crippen molar-refractivity contribution >= 4 is 17.6 Å². The molecule has 0 aliphatic rings. The second-order valence-corrected chi connectivity index (χ2v) is 5.86.